The molecule has 0 unspecified atom stereocenters. The molecule has 0 radical (unpaired) electrons. The topological polar surface area (TPSA) is 26.0 Å². The van der Waals surface area contributed by atoms with Crippen molar-refractivity contribution in [3.8, 4) is 44.8 Å². The van der Waals surface area contributed by atoms with Gasteiger partial charge in [0.1, 0.15) is 0 Å². The van der Waals surface area contributed by atoms with E-state index >= 15 is 0 Å². The first-order valence-corrected chi connectivity index (χ1v) is 25.0. The van der Waals surface area contributed by atoms with Crippen molar-refractivity contribution in [2.75, 3.05) is 4.90 Å². The van der Waals surface area contributed by atoms with Gasteiger partial charge in [0.25, 0.3) is 0 Å². The van der Waals surface area contributed by atoms with Crippen molar-refractivity contribution in [2.24, 2.45) is 0 Å². The summed E-state index contributed by atoms with van der Waals surface area (Å²) in [6.45, 7) is 0. The summed E-state index contributed by atoms with van der Waals surface area (Å²) < 4.78 is 4.85. The van der Waals surface area contributed by atoms with E-state index < -0.39 is 0 Å². The van der Waals surface area contributed by atoms with Gasteiger partial charge in [0.2, 0.25) is 0 Å². The van der Waals surface area contributed by atoms with Crippen molar-refractivity contribution in [3.63, 3.8) is 0 Å². The van der Waals surface area contributed by atoms with Crippen molar-refractivity contribution >= 4 is 83.6 Å². The van der Waals surface area contributed by atoms with Crippen LogP contribution in [0.3, 0.4) is 0 Å². The zero-order chi connectivity index (χ0) is 48.2. The fraction of sp³-hybridized carbons (Fsp3) is 0.0145. The van der Waals surface area contributed by atoms with Crippen LogP contribution in [0.2, 0.25) is 0 Å². The van der Waals surface area contributed by atoms with Crippen LogP contribution >= 0.6 is 0 Å². The molecular formula is C69H46N4. The highest BCUT2D eigenvalue weighted by Gasteiger charge is 2.19. The van der Waals surface area contributed by atoms with Crippen LogP contribution in [-0.4, -0.2) is 14.1 Å². The third-order valence-corrected chi connectivity index (χ3v) is 14.6. The minimum Gasteiger partial charge on any atom is -0.311 e. The Balaban J connectivity index is 0.961. The molecule has 0 bridgehead atoms. The van der Waals surface area contributed by atoms with Crippen molar-refractivity contribution in [2.45, 2.75) is 6.42 Å². The average molecular weight is 931 g/mol. The number of hydrogen-bond acceptors (Lipinski definition) is 2. The molecular weight excluding hydrogens is 885 g/mol. The van der Waals surface area contributed by atoms with Gasteiger partial charge in [0.15, 0.2) is 0 Å². The average Bonchev–Trinajstić information content (AvgIpc) is 3.96. The van der Waals surface area contributed by atoms with E-state index in [9.17, 15) is 0 Å². The smallest absolute Gasteiger partial charge is 0.0547 e. The molecule has 3 heterocycles. The molecule has 0 saturated carbocycles. The largest absolute Gasteiger partial charge is 0.311 e. The standard InChI is InChI=1S/C69H46N4/c1-2-6-16-49-42-60(33-27-47(49)15-5-1)72-66-23-13-11-21-62(66)64-35-29-50(44-68(64)72)55-39-54(48-25-31-59(32-26-48)71(57-17-7-3-8-18-57)58-19-9-4-10-20-58)40-56(41-55)51-30-36-65-63-22-12-14-24-67(63)73(69(65)45-51)61-34-28-53-46-70-38-37-52(53)43-61/h2-5,7-46H,1H2/b15-5-. The first-order chi connectivity index (χ1) is 36.2. The van der Waals surface area contributed by atoms with Gasteiger partial charge in [-0.25, -0.2) is 0 Å². The quantitative estimate of drug-likeness (QED) is 0.142. The summed E-state index contributed by atoms with van der Waals surface area (Å²) in [6, 6.07) is 84.5. The number of rotatable bonds is 8. The lowest BCUT2D eigenvalue weighted by Gasteiger charge is -2.25. The summed E-state index contributed by atoms with van der Waals surface area (Å²) in [7, 11) is 0. The lowest BCUT2D eigenvalue weighted by Crippen LogP contribution is -2.09. The molecule has 14 rings (SSSR count). The van der Waals surface area contributed by atoms with Crippen LogP contribution in [0.4, 0.5) is 17.1 Å². The number of aromatic nitrogens is 3. The normalized spacial score (nSPS) is 12.7. The van der Waals surface area contributed by atoms with E-state index in [1.165, 1.54) is 38.1 Å². The summed E-state index contributed by atoms with van der Waals surface area (Å²) in [5.74, 6) is 0. The molecule has 3 aromatic heterocycles. The number of allylic oxidation sites excluding steroid dienone is 2. The van der Waals surface area contributed by atoms with Crippen molar-refractivity contribution in [3.05, 3.63) is 272 Å². The van der Waals surface area contributed by atoms with Crippen LogP contribution in [-0.2, 0) is 0 Å². The molecule has 342 valence electrons. The van der Waals surface area contributed by atoms with Crippen LogP contribution in [0.15, 0.2) is 261 Å². The fourth-order valence-corrected chi connectivity index (χ4v) is 11.1. The molecule has 1 aliphatic rings. The van der Waals surface area contributed by atoms with Gasteiger partial charge in [-0.1, -0.05) is 133 Å². The minimum atomic E-state index is 0.880. The maximum atomic E-state index is 4.39. The second-order valence-corrected chi connectivity index (χ2v) is 18.9. The van der Waals surface area contributed by atoms with Crippen molar-refractivity contribution in [1.82, 2.24) is 14.1 Å². The van der Waals surface area contributed by atoms with Crippen LogP contribution in [0.1, 0.15) is 17.5 Å². The van der Waals surface area contributed by atoms with Crippen LogP contribution in [0, 0.1) is 0 Å². The monoisotopic (exact) mass is 930 g/mol. The zero-order valence-corrected chi connectivity index (χ0v) is 39.9. The third kappa shape index (κ3) is 7.45. The summed E-state index contributed by atoms with van der Waals surface area (Å²) >= 11 is 0. The van der Waals surface area contributed by atoms with Gasteiger partial charge in [-0.2, -0.15) is 0 Å². The Hall–Kier alpha value is -9.73. The summed E-state index contributed by atoms with van der Waals surface area (Å²) in [6.07, 6.45) is 13.3. The van der Waals surface area contributed by atoms with Gasteiger partial charge < -0.3 is 14.0 Å². The van der Waals surface area contributed by atoms with E-state index in [4.69, 9.17) is 0 Å². The van der Waals surface area contributed by atoms with Crippen LogP contribution < -0.4 is 4.90 Å². The Morgan fingerprint density at radius 2 is 0.918 bits per heavy atom. The number of pyridine rings is 1. The SMILES string of the molecule is C1=CC/C=C\c2ccc(-n3c4ccccc4c4ccc(-c5cc(-c6ccc(N(c7ccccc7)c7ccccc7)cc6)cc(-c6ccc7c8ccccc8n(-c8ccc9cnccc9c8)c7c6)c5)cc43)cc2C=1. The minimum absolute atomic E-state index is 0.880. The summed E-state index contributed by atoms with van der Waals surface area (Å²) in [4.78, 5) is 6.71. The number of benzene rings is 10. The Bertz CT molecular complexity index is 4340. The molecule has 0 N–H and O–H groups in total. The number of para-hydroxylation sites is 4. The summed E-state index contributed by atoms with van der Waals surface area (Å²) in [5.41, 5.74) is 22.8. The Morgan fingerprint density at radius 3 is 1.56 bits per heavy atom. The lowest BCUT2D eigenvalue weighted by molar-refractivity contribution is 1.18. The first kappa shape index (κ1) is 42.2. The van der Waals surface area contributed by atoms with E-state index in [2.05, 4.69) is 280 Å². The Morgan fingerprint density at radius 1 is 0.384 bits per heavy atom. The molecule has 4 heteroatoms. The predicted octanol–water partition coefficient (Wildman–Crippen LogP) is 18.5. The van der Waals surface area contributed by atoms with Gasteiger partial charge in [0, 0.05) is 67.8 Å². The van der Waals surface area contributed by atoms with E-state index in [1.54, 1.807) is 0 Å². The number of nitrogens with zero attached hydrogens (tertiary/aromatic N) is 4. The molecule has 4 nitrogen and oxygen atoms in total. The molecule has 0 saturated heterocycles. The predicted molar refractivity (Wildman–Crippen MR) is 308 cm³/mol. The maximum Gasteiger partial charge on any atom is 0.0547 e. The highest BCUT2D eigenvalue weighted by atomic mass is 15.1. The van der Waals surface area contributed by atoms with Gasteiger partial charge in [-0.05, 0) is 178 Å². The maximum absolute atomic E-state index is 4.39. The number of hydrogen-bond donors (Lipinski definition) is 0. The Labute approximate surface area is 423 Å². The van der Waals surface area contributed by atoms with Crippen LogP contribution in [0.5, 0.6) is 0 Å². The Kier molecular flexibility index (Phi) is 10.2. The van der Waals surface area contributed by atoms with E-state index in [-0.39, 0.29) is 0 Å². The summed E-state index contributed by atoms with van der Waals surface area (Å²) in [5, 5.41) is 7.18. The number of anilines is 3. The highest BCUT2D eigenvalue weighted by Crippen LogP contribution is 2.42. The molecule has 0 aliphatic heterocycles. The van der Waals surface area contributed by atoms with E-state index in [0.29, 0.717) is 0 Å². The zero-order valence-electron chi connectivity index (χ0n) is 39.9. The van der Waals surface area contributed by atoms with Crippen molar-refractivity contribution < 1.29 is 0 Å². The first-order valence-electron chi connectivity index (χ1n) is 25.0. The van der Waals surface area contributed by atoms with E-state index in [1.807, 2.05) is 12.4 Å². The van der Waals surface area contributed by atoms with Gasteiger partial charge in [-0.3, -0.25) is 4.98 Å². The molecule has 13 aromatic rings. The second-order valence-electron chi connectivity index (χ2n) is 18.9. The van der Waals surface area contributed by atoms with Gasteiger partial charge >= 0.3 is 0 Å². The third-order valence-electron chi connectivity index (χ3n) is 14.6. The van der Waals surface area contributed by atoms with Gasteiger partial charge in [0.05, 0.1) is 22.1 Å². The van der Waals surface area contributed by atoms with E-state index in [0.717, 1.165) is 95.6 Å². The fourth-order valence-electron chi connectivity index (χ4n) is 11.1. The molecule has 0 amide bonds. The molecule has 73 heavy (non-hydrogen) atoms. The lowest BCUT2D eigenvalue weighted by atomic mass is 9.92. The molecule has 0 atom stereocenters. The molecule has 0 spiro atoms. The molecule has 0 fully saturated rings. The highest BCUT2D eigenvalue weighted by molar-refractivity contribution is 6.12. The molecule has 1 aliphatic carbocycles. The van der Waals surface area contributed by atoms with Crippen LogP contribution in [0.25, 0.3) is 111 Å². The second kappa shape index (κ2) is 17.6. The number of fused-ring (bicyclic) bond motifs is 8. The molecule has 10 aromatic carbocycles. The van der Waals surface area contributed by atoms with Gasteiger partial charge in [-0.15, -0.1) is 5.73 Å². The van der Waals surface area contributed by atoms with Crippen molar-refractivity contribution in [1.29, 1.82) is 0 Å².